The van der Waals surface area contributed by atoms with Crippen molar-refractivity contribution in [1.29, 1.82) is 0 Å². The molecular formula is C13H25N3. The maximum Gasteiger partial charge on any atom is 0.0285 e. The lowest BCUT2D eigenvalue weighted by Crippen LogP contribution is -2.57. The van der Waals surface area contributed by atoms with Gasteiger partial charge in [0.25, 0.3) is 0 Å². The first-order valence-corrected chi connectivity index (χ1v) is 6.90. The molecule has 92 valence electrons. The van der Waals surface area contributed by atoms with Crippen LogP contribution in [0.5, 0.6) is 0 Å². The standard InChI is InChI=1S/C13H25N3/c1-13(2)12(5-6-14-13)16-9-7-15(8-10-16)11-3-4-11/h11-12,14H,3-10H2,1-2H3. The highest BCUT2D eigenvalue weighted by atomic mass is 15.3. The van der Waals surface area contributed by atoms with E-state index in [2.05, 4.69) is 29.0 Å². The van der Waals surface area contributed by atoms with Crippen LogP contribution in [0.3, 0.4) is 0 Å². The van der Waals surface area contributed by atoms with E-state index >= 15 is 0 Å². The Labute approximate surface area is 99.2 Å². The summed E-state index contributed by atoms with van der Waals surface area (Å²) in [6, 6.07) is 1.71. The molecule has 0 radical (unpaired) electrons. The lowest BCUT2D eigenvalue weighted by molar-refractivity contribution is 0.0703. The average molecular weight is 223 g/mol. The molecule has 0 amide bonds. The summed E-state index contributed by atoms with van der Waals surface area (Å²) in [5.74, 6) is 0. The van der Waals surface area contributed by atoms with E-state index in [0.717, 1.165) is 12.1 Å². The monoisotopic (exact) mass is 223 g/mol. The maximum atomic E-state index is 3.63. The van der Waals surface area contributed by atoms with E-state index in [1.807, 2.05) is 0 Å². The van der Waals surface area contributed by atoms with Gasteiger partial charge in [-0.2, -0.15) is 0 Å². The van der Waals surface area contributed by atoms with Gasteiger partial charge in [-0.3, -0.25) is 9.80 Å². The van der Waals surface area contributed by atoms with Crippen LogP contribution < -0.4 is 5.32 Å². The predicted molar refractivity (Wildman–Crippen MR) is 66.7 cm³/mol. The van der Waals surface area contributed by atoms with Gasteiger partial charge in [0, 0.05) is 43.8 Å². The predicted octanol–water partition coefficient (Wildman–Crippen LogP) is 0.907. The van der Waals surface area contributed by atoms with Gasteiger partial charge in [-0.25, -0.2) is 0 Å². The number of hydrogen-bond donors (Lipinski definition) is 1. The van der Waals surface area contributed by atoms with Crippen LogP contribution in [0, 0.1) is 0 Å². The molecule has 1 atom stereocenters. The lowest BCUT2D eigenvalue weighted by atomic mass is 9.95. The molecule has 0 spiro atoms. The zero-order valence-corrected chi connectivity index (χ0v) is 10.7. The van der Waals surface area contributed by atoms with E-state index in [1.165, 1.54) is 52.0 Å². The van der Waals surface area contributed by atoms with Gasteiger partial charge < -0.3 is 5.32 Å². The first-order chi connectivity index (χ1) is 7.67. The van der Waals surface area contributed by atoms with Crippen molar-refractivity contribution in [1.82, 2.24) is 15.1 Å². The van der Waals surface area contributed by atoms with Gasteiger partial charge in [-0.15, -0.1) is 0 Å². The van der Waals surface area contributed by atoms with Gasteiger partial charge in [0.1, 0.15) is 0 Å². The Morgan fingerprint density at radius 1 is 0.938 bits per heavy atom. The number of hydrogen-bond acceptors (Lipinski definition) is 3. The minimum absolute atomic E-state index is 0.321. The average Bonchev–Trinajstić information content (AvgIpc) is 3.04. The van der Waals surface area contributed by atoms with Crippen molar-refractivity contribution in [2.24, 2.45) is 0 Å². The molecular weight excluding hydrogens is 198 g/mol. The highest BCUT2D eigenvalue weighted by Gasteiger charge is 2.40. The molecule has 1 N–H and O–H groups in total. The molecule has 2 heterocycles. The quantitative estimate of drug-likeness (QED) is 0.750. The maximum absolute atomic E-state index is 3.63. The first-order valence-electron chi connectivity index (χ1n) is 6.90. The number of rotatable bonds is 2. The van der Waals surface area contributed by atoms with Crippen molar-refractivity contribution >= 4 is 0 Å². The van der Waals surface area contributed by atoms with Gasteiger partial charge in [-0.05, 0) is 39.7 Å². The Morgan fingerprint density at radius 2 is 1.56 bits per heavy atom. The third kappa shape index (κ3) is 2.01. The second kappa shape index (κ2) is 3.97. The van der Waals surface area contributed by atoms with Crippen LogP contribution >= 0.6 is 0 Å². The minimum Gasteiger partial charge on any atom is -0.310 e. The second-order valence-corrected chi connectivity index (χ2v) is 6.26. The number of nitrogens with zero attached hydrogens (tertiary/aromatic N) is 2. The summed E-state index contributed by atoms with van der Waals surface area (Å²) in [6.45, 7) is 11.1. The third-order valence-electron chi connectivity index (χ3n) is 4.68. The minimum atomic E-state index is 0.321. The molecule has 3 aliphatic rings. The molecule has 2 aliphatic heterocycles. The SMILES string of the molecule is CC1(C)NCCC1N1CCN(C2CC2)CC1. The van der Waals surface area contributed by atoms with Crippen LogP contribution in [0.1, 0.15) is 33.1 Å². The van der Waals surface area contributed by atoms with Gasteiger partial charge in [0.05, 0.1) is 0 Å². The molecule has 3 rings (SSSR count). The Hall–Kier alpha value is -0.120. The third-order valence-corrected chi connectivity index (χ3v) is 4.68. The Kier molecular flexibility index (Phi) is 2.73. The van der Waals surface area contributed by atoms with E-state index in [9.17, 15) is 0 Å². The van der Waals surface area contributed by atoms with Crippen LogP contribution in [0.25, 0.3) is 0 Å². The summed E-state index contributed by atoms with van der Waals surface area (Å²) < 4.78 is 0. The summed E-state index contributed by atoms with van der Waals surface area (Å²) in [7, 11) is 0. The zero-order chi connectivity index (χ0) is 11.2. The van der Waals surface area contributed by atoms with Crippen LogP contribution in [0.15, 0.2) is 0 Å². The van der Waals surface area contributed by atoms with Crippen molar-refractivity contribution in [3.8, 4) is 0 Å². The molecule has 0 aromatic rings. The summed E-state index contributed by atoms with van der Waals surface area (Å²) >= 11 is 0. The van der Waals surface area contributed by atoms with Gasteiger partial charge in [0.15, 0.2) is 0 Å². The van der Waals surface area contributed by atoms with Crippen LogP contribution in [0.4, 0.5) is 0 Å². The summed E-state index contributed by atoms with van der Waals surface area (Å²) in [5.41, 5.74) is 0.321. The van der Waals surface area contributed by atoms with Crippen LogP contribution in [-0.2, 0) is 0 Å². The Bertz CT molecular complexity index is 252. The molecule has 1 saturated carbocycles. The summed E-state index contributed by atoms with van der Waals surface area (Å²) in [4.78, 5) is 5.42. The highest BCUT2D eigenvalue weighted by molar-refractivity contribution is 5.00. The summed E-state index contributed by atoms with van der Waals surface area (Å²) in [6.07, 6.45) is 4.24. The molecule has 3 heteroatoms. The second-order valence-electron chi connectivity index (χ2n) is 6.26. The fourth-order valence-electron chi connectivity index (χ4n) is 3.50. The van der Waals surface area contributed by atoms with Crippen molar-refractivity contribution in [3.05, 3.63) is 0 Å². The molecule has 1 unspecified atom stereocenters. The molecule has 1 aliphatic carbocycles. The van der Waals surface area contributed by atoms with E-state index in [-0.39, 0.29) is 0 Å². The molecule has 2 saturated heterocycles. The normalized spacial score (nSPS) is 36.8. The molecule has 16 heavy (non-hydrogen) atoms. The topological polar surface area (TPSA) is 18.5 Å². The van der Waals surface area contributed by atoms with Gasteiger partial charge >= 0.3 is 0 Å². The van der Waals surface area contributed by atoms with Crippen molar-refractivity contribution < 1.29 is 0 Å². The number of piperazine rings is 1. The van der Waals surface area contributed by atoms with Crippen LogP contribution in [0.2, 0.25) is 0 Å². The fourth-order valence-corrected chi connectivity index (χ4v) is 3.50. The van der Waals surface area contributed by atoms with E-state index < -0.39 is 0 Å². The zero-order valence-electron chi connectivity index (χ0n) is 10.7. The highest BCUT2D eigenvalue weighted by Crippen LogP contribution is 2.30. The molecule has 0 aromatic carbocycles. The molecule has 3 fully saturated rings. The first kappa shape index (κ1) is 11.0. The van der Waals surface area contributed by atoms with Gasteiger partial charge in [-0.1, -0.05) is 0 Å². The largest absolute Gasteiger partial charge is 0.310 e. The Balaban J connectivity index is 1.56. The van der Waals surface area contributed by atoms with Crippen LogP contribution in [-0.4, -0.2) is 60.1 Å². The van der Waals surface area contributed by atoms with Crippen molar-refractivity contribution in [3.63, 3.8) is 0 Å². The van der Waals surface area contributed by atoms with E-state index in [4.69, 9.17) is 0 Å². The van der Waals surface area contributed by atoms with E-state index in [0.29, 0.717) is 5.54 Å². The molecule has 3 nitrogen and oxygen atoms in total. The lowest BCUT2D eigenvalue weighted by Gasteiger charge is -2.42. The molecule has 0 aromatic heterocycles. The van der Waals surface area contributed by atoms with Crippen molar-refractivity contribution in [2.75, 3.05) is 32.7 Å². The Morgan fingerprint density at radius 3 is 2.06 bits per heavy atom. The molecule has 0 bridgehead atoms. The summed E-state index contributed by atoms with van der Waals surface area (Å²) in [5, 5.41) is 3.63. The van der Waals surface area contributed by atoms with Crippen molar-refractivity contribution in [2.45, 2.75) is 50.7 Å². The van der Waals surface area contributed by atoms with E-state index in [1.54, 1.807) is 0 Å². The fraction of sp³-hybridized carbons (Fsp3) is 1.00. The van der Waals surface area contributed by atoms with Gasteiger partial charge in [0.2, 0.25) is 0 Å². The smallest absolute Gasteiger partial charge is 0.0285 e. The number of nitrogens with one attached hydrogen (secondary N) is 1.